The predicted octanol–water partition coefficient (Wildman–Crippen LogP) is 4.29. The molecule has 0 spiro atoms. The molecule has 2 atom stereocenters. The zero-order valence-electron chi connectivity index (χ0n) is 21.0. The van der Waals surface area contributed by atoms with E-state index in [2.05, 4.69) is 4.90 Å². The summed E-state index contributed by atoms with van der Waals surface area (Å²) in [6.07, 6.45) is 0.139. The molecule has 2 aliphatic rings. The Bertz CT molecular complexity index is 1240. The van der Waals surface area contributed by atoms with E-state index >= 15 is 0 Å². The van der Waals surface area contributed by atoms with Gasteiger partial charge in [0, 0.05) is 44.0 Å². The monoisotopic (exact) mass is 503 g/mol. The van der Waals surface area contributed by atoms with Crippen LogP contribution < -0.4 is 19.3 Å². The highest BCUT2D eigenvalue weighted by Crippen LogP contribution is 2.43. The minimum atomic E-state index is -0.514. The number of halogens is 1. The molecule has 2 amide bonds. The molecule has 37 heavy (non-hydrogen) atoms. The average molecular weight is 504 g/mol. The number of methoxy groups -OCH3 is 2. The van der Waals surface area contributed by atoms with Crippen LogP contribution in [0.5, 0.6) is 11.5 Å². The van der Waals surface area contributed by atoms with Crippen molar-refractivity contribution >= 4 is 23.2 Å². The van der Waals surface area contributed by atoms with Crippen LogP contribution in [0.4, 0.5) is 15.8 Å². The average Bonchev–Trinajstić information content (AvgIpc) is 3.30. The number of carbonyl (C=O) groups is 2. The molecular weight excluding hydrogens is 473 g/mol. The Hall–Kier alpha value is -4.07. The quantitative estimate of drug-likeness (QED) is 0.502. The summed E-state index contributed by atoms with van der Waals surface area (Å²) in [6, 6.07) is 20.9. The summed E-state index contributed by atoms with van der Waals surface area (Å²) in [5.74, 6) is 0.514. The van der Waals surface area contributed by atoms with Crippen LogP contribution in [0.3, 0.4) is 0 Å². The third-order valence-corrected chi connectivity index (χ3v) is 7.23. The second-order valence-electron chi connectivity index (χ2n) is 9.28. The van der Waals surface area contributed by atoms with Gasteiger partial charge in [-0.25, -0.2) is 4.39 Å². The van der Waals surface area contributed by atoms with Gasteiger partial charge >= 0.3 is 0 Å². The van der Waals surface area contributed by atoms with Gasteiger partial charge in [0.05, 0.1) is 26.2 Å². The lowest BCUT2D eigenvalue weighted by molar-refractivity contribution is -0.136. The summed E-state index contributed by atoms with van der Waals surface area (Å²) in [4.78, 5) is 32.9. The highest BCUT2D eigenvalue weighted by molar-refractivity contribution is 6.01. The van der Waals surface area contributed by atoms with Crippen LogP contribution in [0.15, 0.2) is 72.8 Å². The van der Waals surface area contributed by atoms with E-state index in [9.17, 15) is 14.0 Å². The molecule has 8 heteroatoms. The first-order chi connectivity index (χ1) is 18.0. The highest BCUT2D eigenvalue weighted by atomic mass is 19.1. The topological polar surface area (TPSA) is 62.3 Å². The first-order valence-electron chi connectivity index (χ1n) is 12.4. The molecule has 2 aliphatic heterocycles. The Kier molecular flexibility index (Phi) is 6.99. The number of nitrogens with zero attached hydrogens (tertiary/aromatic N) is 3. The van der Waals surface area contributed by atoms with Crippen LogP contribution in [0.25, 0.3) is 0 Å². The predicted molar refractivity (Wildman–Crippen MR) is 140 cm³/mol. The molecule has 3 aromatic rings. The molecule has 7 nitrogen and oxygen atoms in total. The van der Waals surface area contributed by atoms with Gasteiger partial charge in [0.1, 0.15) is 17.3 Å². The molecule has 0 saturated carbocycles. The summed E-state index contributed by atoms with van der Waals surface area (Å²) in [5.41, 5.74) is 2.54. The zero-order valence-corrected chi connectivity index (χ0v) is 21.0. The van der Waals surface area contributed by atoms with Gasteiger partial charge in [-0.2, -0.15) is 0 Å². The van der Waals surface area contributed by atoms with Gasteiger partial charge in [-0.15, -0.1) is 0 Å². The fourth-order valence-corrected chi connectivity index (χ4v) is 5.26. The van der Waals surface area contributed by atoms with Crippen molar-refractivity contribution in [3.05, 3.63) is 84.2 Å². The summed E-state index contributed by atoms with van der Waals surface area (Å²) >= 11 is 0. The maximum atomic E-state index is 13.9. The van der Waals surface area contributed by atoms with Crippen molar-refractivity contribution in [3.8, 4) is 11.5 Å². The third-order valence-electron chi connectivity index (χ3n) is 7.23. The summed E-state index contributed by atoms with van der Waals surface area (Å²) in [6.45, 7) is 2.37. The number of amides is 2. The van der Waals surface area contributed by atoms with Crippen LogP contribution in [0.2, 0.25) is 0 Å². The fraction of sp³-hybridized carbons (Fsp3) is 0.310. The Morgan fingerprint density at radius 2 is 1.32 bits per heavy atom. The van der Waals surface area contributed by atoms with Crippen molar-refractivity contribution in [2.75, 3.05) is 50.2 Å². The maximum Gasteiger partial charge on any atom is 0.228 e. The van der Waals surface area contributed by atoms with Gasteiger partial charge in [0.2, 0.25) is 11.8 Å². The molecule has 0 bridgehead atoms. The van der Waals surface area contributed by atoms with Crippen molar-refractivity contribution in [2.45, 2.75) is 12.5 Å². The third kappa shape index (κ3) is 4.96. The first kappa shape index (κ1) is 24.6. The van der Waals surface area contributed by atoms with E-state index in [4.69, 9.17) is 9.47 Å². The molecule has 3 aromatic carbocycles. The summed E-state index contributed by atoms with van der Waals surface area (Å²) in [5, 5.41) is 0. The van der Waals surface area contributed by atoms with Gasteiger partial charge in [0.25, 0.3) is 0 Å². The molecule has 0 unspecified atom stereocenters. The van der Waals surface area contributed by atoms with Gasteiger partial charge in [0.15, 0.2) is 0 Å². The van der Waals surface area contributed by atoms with Crippen LogP contribution >= 0.6 is 0 Å². The Labute approximate surface area is 216 Å². The molecule has 0 aliphatic carbocycles. The molecular formula is C29H30FN3O4. The van der Waals surface area contributed by atoms with E-state index in [-0.39, 0.29) is 24.1 Å². The Balaban J connectivity index is 1.39. The highest BCUT2D eigenvalue weighted by Gasteiger charge is 2.46. The standard InChI is InChI=1S/C29H30FN3O4/c1-36-24-11-3-20(4-12-24)28-26(19-27(34)33(28)23-9-13-25(37-2)14-10-23)29(35)32-17-15-31(16-18-32)22-7-5-21(30)6-8-22/h3-14,26,28H,15-19H2,1-2H3/t26-,28+/m1/s1. The largest absolute Gasteiger partial charge is 0.497 e. The van der Waals surface area contributed by atoms with E-state index < -0.39 is 12.0 Å². The Morgan fingerprint density at radius 3 is 1.89 bits per heavy atom. The first-order valence-corrected chi connectivity index (χ1v) is 12.4. The number of carbonyl (C=O) groups excluding carboxylic acids is 2. The van der Waals surface area contributed by atoms with Gasteiger partial charge in [-0.05, 0) is 66.2 Å². The number of hydrogen-bond donors (Lipinski definition) is 0. The van der Waals surface area contributed by atoms with E-state index in [1.54, 1.807) is 31.3 Å². The zero-order chi connectivity index (χ0) is 25.9. The number of anilines is 2. The van der Waals surface area contributed by atoms with Crippen LogP contribution in [-0.2, 0) is 9.59 Å². The molecule has 2 heterocycles. The molecule has 2 fully saturated rings. The van der Waals surface area contributed by atoms with Crippen LogP contribution in [0, 0.1) is 11.7 Å². The Morgan fingerprint density at radius 1 is 0.784 bits per heavy atom. The lowest BCUT2D eigenvalue weighted by atomic mass is 9.91. The van der Waals surface area contributed by atoms with Gasteiger partial charge < -0.3 is 24.2 Å². The number of hydrogen-bond acceptors (Lipinski definition) is 5. The second-order valence-corrected chi connectivity index (χ2v) is 9.28. The van der Waals surface area contributed by atoms with Gasteiger partial charge in [-0.3, -0.25) is 9.59 Å². The summed E-state index contributed by atoms with van der Waals surface area (Å²) < 4.78 is 23.9. The fourth-order valence-electron chi connectivity index (χ4n) is 5.26. The number of ether oxygens (including phenoxy) is 2. The van der Waals surface area contributed by atoms with E-state index in [0.29, 0.717) is 37.7 Å². The van der Waals surface area contributed by atoms with Crippen LogP contribution in [0.1, 0.15) is 18.0 Å². The molecule has 5 rings (SSSR count). The number of rotatable bonds is 6. The van der Waals surface area contributed by atoms with E-state index in [0.717, 1.165) is 16.9 Å². The van der Waals surface area contributed by atoms with Crippen LogP contribution in [-0.4, -0.2) is 57.1 Å². The molecule has 0 N–H and O–H groups in total. The van der Waals surface area contributed by atoms with Crippen molar-refractivity contribution in [1.29, 1.82) is 0 Å². The lowest BCUT2D eigenvalue weighted by Gasteiger charge is -2.38. The molecule has 0 aromatic heterocycles. The maximum absolute atomic E-state index is 13.9. The van der Waals surface area contributed by atoms with Crippen molar-refractivity contribution in [1.82, 2.24) is 4.90 Å². The SMILES string of the molecule is COc1ccc([C@H]2[C@H](C(=O)N3CCN(c4ccc(F)cc4)CC3)CC(=O)N2c2ccc(OC)cc2)cc1. The minimum absolute atomic E-state index is 0.0241. The van der Waals surface area contributed by atoms with Crippen molar-refractivity contribution in [3.63, 3.8) is 0 Å². The number of benzene rings is 3. The van der Waals surface area contributed by atoms with Gasteiger partial charge in [-0.1, -0.05) is 12.1 Å². The molecule has 0 radical (unpaired) electrons. The lowest BCUT2D eigenvalue weighted by Crippen LogP contribution is -2.51. The molecule has 2 saturated heterocycles. The van der Waals surface area contributed by atoms with Crippen molar-refractivity contribution in [2.24, 2.45) is 5.92 Å². The normalized spacial score (nSPS) is 19.8. The summed E-state index contributed by atoms with van der Waals surface area (Å²) in [7, 11) is 3.20. The second kappa shape index (κ2) is 10.5. The van der Waals surface area contributed by atoms with E-state index in [1.807, 2.05) is 53.4 Å². The smallest absolute Gasteiger partial charge is 0.228 e. The molecule has 192 valence electrons. The number of piperazine rings is 1. The van der Waals surface area contributed by atoms with E-state index in [1.165, 1.54) is 12.1 Å². The minimum Gasteiger partial charge on any atom is -0.497 e. The van der Waals surface area contributed by atoms with Crippen molar-refractivity contribution < 1.29 is 23.5 Å².